The van der Waals surface area contributed by atoms with Crippen LogP contribution in [-0.4, -0.2) is 24.5 Å². The number of alkyl carbamates (subject to hydrolysis) is 1. The Morgan fingerprint density at radius 3 is 2.85 bits per heavy atom. The Morgan fingerprint density at radius 2 is 2.15 bits per heavy atom. The summed E-state index contributed by atoms with van der Waals surface area (Å²) in [5.74, 6) is -0.159. The van der Waals surface area contributed by atoms with Crippen molar-refractivity contribution in [2.75, 3.05) is 11.9 Å². The molecule has 1 aliphatic carbocycles. The quantitative estimate of drug-likeness (QED) is 0.786. The first-order valence-corrected chi connectivity index (χ1v) is 10.6. The maximum absolute atomic E-state index is 12.7. The van der Waals surface area contributed by atoms with E-state index in [9.17, 15) is 14.4 Å². The van der Waals surface area contributed by atoms with Crippen molar-refractivity contribution < 1.29 is 19.1 Å². The number of ether oxygens (including phenoxy) is 1. The summed E-state index contributed by atoms with van der Waals surface area (Å²) in [5, 5.41) is 7.58. The van der Waals surface area contributed by atoms with Gasteiger partial charge < -0.3 is 10.1 Å². The SMILES string of the molecule is CCOC(=O)NC(=O)c1c(NC(=O)Cc2cccs2)sc2c1CCC(C)C2. The lowest BCUT2D eigenvalue weighted by atomic mass is 9.88. The van der Waals surface area contributed by atoms with Crippen LogP contribution in [0.1, 0.15) is 45.9 Å². The van der Waals surface area contributed by atoms with Crippen molar-refractivity contribution in [3.63, 3.8) is 0 Å². The van der Waals surface area contributed by atoms with Gasteiger partial charge in [-0.3, -0.25) is 14.9 Å². The number of thiophene rings is 2. The zero-order valence-corrected chi connectivity index (χ0v) is 16.9. The molecule has 6 nitrogen and oxygen atoms in total. The molecule has 2 N–H and O–H groups in total. The van der Waals surface area contributed by atoms with Gasteiger partial charge in [0.05, 0.1) is 18.6 Å². The van der Waals surface area contributed by atoms with Crippen LogP contribution in [0.4, 0.5) is 9.80 Å². The van der Waals surface area contributed by atoms with Gasteiger partial charge in [0.25, 0.3) is 5.91 Å². The van der Waals surface area contributed by atoms with Crippen LogP contribution in [0.3, 0.4) is 0 Å². The molecule has 1 atom stereocenters. The molecule has 0 aromatic carbocycles. The van der Waals surface area contributed by atoms with Crippen LogP contribution in [0.15, 0.2) is 17.5 Å². The number of imide groups is 1. The number of carbonyl (C=O) groups is 3. The Labute approximate surface area is 165 Å². The standard InChI is InChI=1S/C19H22N2O4S2/c1-3-25-19(24)21-17(23)16-13-7-6-11(2)9-14(13)27-18(16)20-15(22)10-12-5-4-8-26-12/h4-5,8,11H,3,6-7,9-10H2,1-2H3,(H,20,22)(H,21,23,24). The van der Waals surface area contributed by atoms with Gasteiger partial charge in [-0.25, -0.2) is 4.79 Å². The minimum atomic E-state index is -0.775. The smallest absolute Gasteiger partial charge is 0.414 e. The molecule has 0 bridgehead atoms. The van der Waals surface area contributed by atoms with Crippen molar-refractivity contribution in [2.45, 2.75) is 39.5 Å². The fourth-order valence-corrected chi connectivity index (χ4v) is 5.27. The molecule has 0 spiro atoms. The van der Waals surface area contributed by atoms with Gasteiger partial charge in [0.15, 0.2) is 0 Å². The van der Waals surface area contributed by atoms with Gasteiger partial charge in [0.2, 0.25) is 5.91 Å². The molecule has 2 heterocycles. The summed E-state index contributed by atoms with van der Waals surface area (Å²) < 4.78 is 4.81. The highest BCUT2D eigenvalue weighted by Gasteiger charge is 2.29. The fourth-order valence-electron chi connectivity index (χ4n) is 3.14. The Hall–Kier alpha value is -2.19. The molecule has 8 heteroatoms. The van der Waals surface area contributed by atoms with E-state index in [1.807, 2.05) is 17.5 Å². The molecule has 1 aliphatic rings. The third-order valence-electron chi connectivity index (χ3n) is 4.40. The minimum absolute atomic E-state index is 0.172. The van der Waals surface area contributed by atoms with Crippen LogP contribution in [0.5, 0.6) is 0 Å². The summed E-state index contributed by atoms with van der Waals surface area (Å²) in [5.41, 5.74) is 1.33. The molecule has 2 aromatic rings. The van der Waals surface area contributed by atoms with Gasteiger partial charge in [-0.15, -0.1) is 22.7 Å². The van der Waals surface area contributed by atoms with Crippen molar-refractivity contribution in [1.82, 2.24) is 5.32 Å². The third kappa shape index (κ3) is 4.75. The first kappa shape index (κ1) is 19.6. The van der Waals surface area contributed by atoms with Crippen LogP contribution in [-0.2, 0) is 28.8 Å². The highest BCUT2D eigenvalue weighted by atomic mass is 32.1. The second-order valence-electron chi connectivity index (χ2n) is 6.53. The fraction of sp³-hybridized carbons (Fsp3) is 0.421. The van der Waals surface area contributed by atoms with Crippen molar-refractivity contribution in [3.05, 3.63) is 38.4 Å². The minimum Gasteiger partial charge on any atom is -0.450 e. The van der Waals surface area contributed by atoms with Crippen molar-refractivity contribution in [3.8, 4) is 0 Å². The Kier molecular flexibility index (Phi) is 6.28. The van der Waals surface area contributed by atoms with E-state index in [4.69, 9.17) is 4.74 Å². The van der Waals surface area contributed by atoms with Gasteiger partial charge in [-0.1, -0.05) is 13.0 Å². The monoisotopic (exact) mass is 406 g/mol. The van der Waals surface area contributed by atoms with Crippen LogP contribution in [0, 0.1) is 5.92 Å². The molecule has 0 saturated carbocycles. The summed E-state index contributed by atoms with van der Waals surface area (Å²) in [6, 6.07) is 3.80. The highest BCUT2D eigenvalue weighted by molar-refractivity contribution is 7.17. The van der Waals surface area contributed by atoms with E-state index in [0.717, 1.165) is 34.6 Å². The van der Waals surface area contributed by atoms with Crippen molar-refractivity contribution in [1.29, 1.82) is 0 Å². The molecule has 0 aliphatic heterocycles. The average molecular weight is 407 g/mol. The number of nitrogens with one attached hydrogen (secondary N) is 2. The maximum atomic E-state index is 12.7. The average Bonchev–Trinajstić information content (AvgIpc) is 3.21. The molecular formula is C19H22N2O4S2. The van der Waals surface area contributed by atoms with Crippen LogP contribution < -0.4 is 10.6 Å². The largest absolute Gasteiger partial charge is 0.450 e. The molecule has 27 heavy (non-hydrogen) atoms. The number of amides is 3. The molecule has 1 unspecified atom stereocenters. The molecule has 0 fully saturated rings. The lowest BCUT2D eigenvalue weighted by molar-refractivity contribution is -0.115. The number of carbonyl (C=O) groups excluding carboxylic acids is 3. The highest BCUT2D eigenvalue weighted by Crippen LogP contribution is 2.39. The van der Waals surface area contributed by atoms with E-state index in [1.54, 1.807) is 6.92 Å². The van der Waals surface area contributed by atoms with E-state index in [-0.39, 0.29) is 18.9 Å². The second-order valence-corrected chi connectivity index (χ2v) is 8.67. The van der Waals surface area contributed by atoms with Crippen molar-refractivity contribution >= 4 is 45.6 Å². The normalized spacial score (nSPS) is 15.7. The third-order valence-corrected chi connectivity index (χ3v) is 6.44. The lowest BCUT2D eigenvalue weighted by Gasteiger charge is -2.18. The molecule has 0 radical (unpaired) electrons. The first-order valence-electron chi connectivity index (χ1n) is 8.92. The zero-order chi connectivity index (χ0) is 19.4. The predicted molar refractivity (Wildman–Crippen MR) is 107 cm³/mol. The molecular weight excluding hydrogens is 384 g/mol. The van der Waals surface area contributed by atoms with E-state index < -0.39 is 12.0 Å². The lowest BCUT2D eigenvalue weighted by Crippen LogP contribution is -2.32. The van der Waals surface area contributed by atoms with Gasteiger partial charge in [0.1, 0.15) is 5.00 Å². The molecule has 3 amide bonds. The summed E-state index contributed by atoms with van der Waals surface area (Å²) in [6.45, 7) is 4.03. The van der Waals surface area contributed by atoms with Gasteiger partial charge in [-0.2, -0.15) is 0 Å². The summed E-state index contributed by atoms with van der Waals surface area (Å²) >= 11 is 2.95. The summed E-state index contributed by atoms with van der Waals surface area (Å²) in [4.78, 5) is 38.9. The van der Waals surface area contributed by atoms with Crippen LogP contribution in [0.2, 0.25) is 0 Å². The molecule has 144 valence electrons. The Morgan fingerprint density at radius 1 is 1.33 bits per heavy atom. The van der Waals surface area contributed by atoms with Gasteiger partial charge >= 0.3 is 6.09 Å². The maximum Gasteiger partial charge on any atom is 0.414 e. The molecule has 3 rings (SSSR count). The van der Waals surface area contributed by atoms with Crippen LogP contribution >= 0.6 is 22.7 Å². The number of fused-ring (bicyclic) bond motifs is 1. The summed E-state index contributed by atoms with van der Waals surface area (Å²) in [6.07, 6.45) is 2.10. The van der Waals surface area contributed by atoms with E-state index in [0.29, 0.717) is 16.5 Å². The van der Waals surface area contributed by atoms with Gasteiger partial charge in [0, 0.05) is 9.75 Å². The van der Waals surface area contributed by atoms with E-state index in [2.05, 4.69) is 17.6 Å². The van der Waals surface area contributed by atoms with E-state index >= 15 is 0 Å². The van der Waals surface area contributed by atoms with Crippen LogP contribution in [0.25, 0.3) is 0 Å². The number of hydrogen-bond acceptors (Lipinski definition) is 6. The van der Waals surface area contributed by atoms with Gasteiger partial charge in [-0.05, 0) is 49.1 Å². The van der Waals surface area contributed by atoms with E-state index in [1.165, 1.54) is 22.7 Å². The first-order chi connectivity index (χ1) is 13.0. The summed E-state index contributed by atoms with van der Waals surface area (Å²) in [7, 11) is 0. The topological polar surface area (TPSA) is 84.5 Å². The molecule has 2 aromatic heterocycles. The Balaban J connectivity index is 1.84. The number of rotatable bonds is 5. The molecule has 0 saturated heterocycles. The Bertz CT molecular complexity index is 842. The predicted octanol–water partition coefficient (Wildman–Crippen LogP) is 4.00. The number of hydrogen-bond donors (Lipinski definition) is 2. The number of anilines is 1. The second kappa shape index (κ2) is 8.67. The van der Waals surface area contributed by atoms with Crippen molar-refractivity contribution in [2.24, 2.45) is 5.92 Å². The zero-order valence-electron chi connectivity index (χ0n) is 15.3.